The number of ether oxygens (including phenoxy) is 1. The van der Waals surface area contributed by atoms with E-state index >= 15 is 0 Å². The largest absolute Gasteiger partial charge is 0.437 e. The van der Waals surface area contributed by atoms with Crippen LogP contribution in [-0.2, 0) is 0 Å². The van der Waals surface area contributed by atoms with Gasteiger partial charge in [0.2, 0.25) is 5.88 Å². The summed E-state index contributed by atoms with van der Waals surface area (Å²) in [6.45, 7) is 0. The fourth-order valence-corrected chi connectivity index (χ4v) is 3.76. The van der Waals surface area contributed by atoms with Gasteiger partial charge < -0.3 is 20.5 Å². The Kier molecular flexibility index (Phi) is 7.31. The summed E-state index contributed by atoms with van der Waals surface area (Å²) in [6, 6.07) is 5.55. The van der Waals surface area contributed by atoms with Gasteiger partial charge >= 0.3 is 0 Å². The van der Waals surface area contributed by atoms with Crippen molar-refractivity contribution in [1.82, 2.24) is 20.3 Å². The van der Waals surface area contributed by atoms with E-state index in [9.17, 15) is 4.79 Å². The second-order valence-corrected chi connectivity index (χ2v) is 7.64. The number of benzene rings is 1. The third-order valence-electron chi connectivity index (χ3n) is 4.44. The third kappa shape index (κ3) is 5.85. The van der Waals surface area contributed by atoms with Crippen LogP contribution in [0.25, 0.3) is 10.2 Å². The Hall–Kier alpha value is -2.78. The molecule has 3 N–H and O–H groups in total. The minimum atomic E-state index is -0.311. The number of carbonyl (C=O) groups excluding carboxylic acids is 1. The van der Waals surface area contributed by atoms with Gasteiger partial charge in [-0.1, -0.05) is 30.6 Å². The van der Waals surface area contributed by atoms with Crippen LogP contribution in [0.1, 0.15) is 42.6 Å². The highest BCUT2D eigenvalue weighted by Gasteiger charge is 2.09. The number of aliphatic hydroxyl groups is 1. The van der Waals surface area contributed by atoms with Gasteiger partial charge in [0.25, 0.3) is 5.91 Å². The van der Waals surface area contributed by atoms with Crippen LogP contribution in [0.15, 0.2) is 30.6 Å². The Balaban J connectivity index is 0.000000290. The van der Waals surface area contributed by atoms with Crippen LogP contribution in [0.2, 0.25) is 0 Å². The maximum absolute atomic E-state index is 11.5. The lowest BCUT2D eigenvalue weighted by molar-refractivity contribution is 0.0957. The van der Waals surface area contributed by atoms with E-state index in [1.54, 1.807) is 6.07 Å². The van der Waals surface area contributed by atoms with Gasteiger partial charge in [0, 0.05) is 20.2 Å². The van der Waals surface area contributed by atoms with Gasteiger partial charge in [-0.15, -0.1) is 0 Å². The molecule has 0 radical (unpaired) electrons. The molecule has 1 amide bonds. The molecule has 0 bridgehead atoms. The Morgan fingerprint density at radius 2 is 1.97 bits per heavy atom. The number of nitrogens with one attached hydrogen (secondary N) is 2. The predicted molar refractivity (Wildman–Crippen MR) is 114 cm³/mol. The number of aliphatic hydroxyl groups excluding tert-OH is 1. The van der Waals surface area contributed by atoms with Crippen LogP contribution in [0.5, 0.6) is 11.6 Å². The first-order valence-corrected chi connectivity index (χ1v) is 10.4. The zero-order chi connectivity index (χ0) is 20.6. The van der Waals surface area contributed by atoms with Crippen LogP contribution in [0, 0.1) is 0 Å². The first kappa shape index (κ1) is 20.9. The van der Waals surface area contributed by atoms with Crippen LogP contribution >= 0.6 is 11.3 Å². The number of anilines is 1. The number of amides is 1. The first-order chi connectivity index (χ1) is 14.1. The number of thiazole rings is 1. The summed E-state index contributed by atoms with van der Waals surface area (Å²) in [5, 5.41) is 15.3. The van der Waals surface area contributed by atoms with Crippen molar-refractivity contribution in [1.29, 1.82) is 0 Å². The highest BCUT2D eigenvalue weighted by Crippen LogP contribution is 2.30. The van der Waals surface area contributed by atoms with Crippen molar-refractivity contribution in [2.75, 3.05) is 19.4 Å². The van der Waals surface area contributed by atoms with Gasteiger partial charge in [0.1, 0.15) is 11.4 Å². The zero-order valence-electron chi connectivity index (χ0n) is 16.5. The molecule has 2 aromatic heterocycles. The van der Waals surface area contributed by atoms with E-state index in [-0.39, 0.29) is 23.6 Å². The number of aromatic nitrogens is 3. The molecule has 1 fully saturated rings. The molecule has 0 spiro atoms. The third-order valence-corrected chi connectivity index (χ3v) is 5.48. The van der Waals surface area contributed by atoms with Gasteiger partial charge in [-0.05, 0) is 25.0 Å². The Labute approximate surface area is 173 Å². The van der Waals surface area contributed by atoms with Crippen LogP contribution in [0.3, 0.4) is 0 Å². The molecule has 154 valence electrons. The lowest BCUT2D eigenvalue weighted by atomic mass is 9.98. The molecule has 0 saturated heterocycles. The Bertz CT molecular complexity index is 956. The monoisotopic (exact) mass is 415 g/mol. The maximum atomic E-state index is 11.5. The van der Waals surface area contributed by atoms with Gasteiger partial charge in [-0.2, -0.15) is 0 Å². The maximum Gasteiger partial charge on any atom is 0.271 e. The van der Waals surface area contributed by atoms with Gasteiger partial charge in [-0.25, -0.2) is 9.97 Å². The minimum Gasteiger partial charge on any atom is -0.437 e. The average molecular weight is 416 g/mol. The molecule has 0 unspecified atom stereocenters. The summed E-state index contributed by atoms with van der Waals surface area (Å²) in [7, 11) is 3.36. The summed E-state index contributed by atoms with van der Waals surface area (Å²) in [5.41, 5.74) is 1.10. The van der Waals surface area contributed by atoms with Crippen molar-refractivity contribution in [3.05, 3.63) is 36.3 Å². The van der Waals surface area contributed by atoms with E-state index in [1.165, 1.54) is 50.0 Å². The van der Waals surface area contributed by atoms with E-state index in [4.69, 9.17) is 9.84 Å². The number of rotatable bonds is 4. The van der Waals surface area contributed by atoms with Crippen LogP contribution < -0.4 is 15.4 Å². The Morgan fingerprint density at radius 3 is 2.62 bits per heavy atom. The molecule has 0 atom stereocenters. The Morgan fingerprint density at radius 1 is 1.17 bits per heavy atom. The quantitative estimate of drug-likeness (QED) is 0.597. The smallest absolute Gasteiger partial charge is 0.271 e. The lowest BCUT2D eigenvalue weighted by Crippen LogP contribution is -2.19. The second kappa shape index (κ2) is 10.1. The molecule has 2 heterocycles. The zero-order valence-corrected chi connectivity index (χ0v) is 17.3. The van der Waals surface area contributed by atoms with E-state index in [0.29, 0.717) is 5.75 Å². The molecule has 9 heteroatoms. The molecule has 8 nitrogen and oxygen atoms in total. The topological polar surface area (TPSA) is 109 Å². The fourth-order valence-electron chi connectivity index (χ4n) is 2.91. The summed E-state index contributed by atoms with van der Waals surface area (Å²) in [6.07, 6.45) is 8.77. The number of carbonyl (C=O) groups is 1. The summed E-state index contributed by atoms with van der Waals surface area (Å²) < 4.78 is 6.67. The first-order valence-electron chi connectivity index (χ1n) is 9.57. The predicted octanol–water partition coefficient (Wildman–Crippen LogP) is 3.59. The highest BCUT2D eigenvalue weighted by atomic mass is 32.1. The number of hydrogen-bond acceptors (Lipinski definition) is 8. The molecular formula is C20H25N5O3S. The SMILES string of the molecule is CNC(=O)c1cncc(Oc2ccc3nc(NC)sc3c2)n1.OC1CCCCC1. The summed E-state index contributed by atoms with van der Waals surface area (Å²) >= 11 is 1.53. The van der Waals surface area contributed by atoms with Gasteiger partial charge in [0.05, 0.1) is 28.7 Å². The van der Waals surface area contributed by atoms with Gasteiger partial charge in [0.15, 0.2) is 5.13 Å². The van der Waals surface area contributed by atoms with Crippen LogP contribution in [-0.4, -0.2) is 46.2 Å². The molecule has 1 aliphatic carbocycles. The summed E-state index contributed by atoms with van der Waals surface area (Å²) in [5.74, 6) is 0.565. The molecule has 29 heavy (non-hydrogen) atoms. The molecule has 1 saturated carbocycles. The number of fused-ring (bicyclic) bond motifs is 1. The van der Waals surface area contributed by atoms with Crippen molar-refractivity contribution in [2.24, 2.45) is 0 Å². The van der Waals surface area contributed by atoms with E-state index in [1.807, 2.05) is 19.2 Å². The number of hydrogen-bond donors (Lipinski definition) is 3. The standard InChI is InChI=1S/C14H13N5O2S.C6H12O/c1-15-13(20)10-6-17-7-12(18-10)21-8-3-4-9-11(5-8)22-14(16-2)19-9;7-6-4-2-1-3-5-6/h3-7H,1-2H3,(H,15,20)(H,16,19);6-7H,1-5H2. The second-order valence-electron chi connectivity index (χ2n) is 6.61. The highest BCUT2D eigenvalue weighted by molar-refractivity contribution is 7.22. The van der Waals surface area contributed by atoms with Crippen LogP contribution in [0.4, 0.5) is 5.13 Å². The minimum absolute atomic E-state index is 0.0359. The van der Waals surface area contributed by atoms with Crippen molar-refractivity contribution in [3.63, 3.8) is 0 Å². The van der Waals surface area contributed by atoms with Crippen molar-refractivity contribution < 1.29 is 14.6 Å². The number of nitrogens with zero attached hydrogens (tertiary/aromatic N) is 3. The van der Waals surface area contributed by atoms with E-state index < -0.39 is 0 Å². The fraction of sp³-hybridized carbons (Fsp3) is 0.400. The normalized spacial score (nSPS) is 14.0. The van der Waals surface area contributed by atoms with Crippen molar-refractivity contribution >= 4 is 32.6 Å². The molecule has 1 aromatic carbocycles. The molecular weight excluding hydrogens is 390 g/mol. The summed E-state index contributed by atoms with van der Waals surface area (Å²) in [4.78, 5) is 24.0. The molecule has 1 aliphatic rings. The molecule has 3 aromatic rings. The van der Waals surface area contributed by atoms with E-state index in [0.717, 1.165) is 28.2 Å². The van der Waals surface area contributed by atoms with Gasteiger partial charge in [-0.3, -0.25) is 9.78 Å². The van der Waals surface area contributed by atoms with E-state index in [2.05, 4.69) is 25.6 Å². The molecule has 0 aliphatic heterocycles. The van der Waals surface area contributed by atoms with Crippen molar-refractivity contribution in [3.8, 4) is 11.6 Å². The lowest BCUT2D eigenvalue weighted by Gasteiger charge is -2.14. The average Bonchev–Trinajstić information content (AvgIpc) is 3.17. The van der Waals surface area contributed by atoms with Crippen molar-refractivity contribution in [2.45, 2.75) is 38.2 Å². The molecule has 4 rings (SSSR count).